The number of aryl methyl sites for hydroxylation is 1. The fraction of sp³-hybridized carbons (Fsp3) is 0.571. The van der Waals surface area contributed by atoms with Crippen LogP contribution in [-0.4, -0.2) is 21.0 Å². The number of halogens is 1. The third-order valence-electron chi connectivity index (χ3n) is 3.91. The highest BCUT2D eigenvalue weighted by atomic mass is 79.9. The van der Waals surface area contributed by atoms with Crippen molar-refractivity contribution in [3.8, 4) is 0 Å². The highest BCUT2D eigenvalue weighted by molar-refractivity contribution is 9.10. The molecular weight excluding hydrogens is 340 g/mol. The first kappa shape index (κ1) is 15.9. The molecule has 0 aromatic heterocycles. The van der Waals surface area contributed by atoms with E-state index in [0.29, 0.717) is 16.9 Å². The van der Waals surface area contributed by atoms with Crippen molar-refractivity contribution in [1.29, 1.82) is 0 Å². The Balaban J connectivity index is 2.23. The SMILES string of the molecule is Cc1ccc(Br)c(S(=O)(=O)NC(CN)C2CCCC2)c1. The average molecular weight is 361 g/mol. The zero-order chi connectivity index (χ0) is 14.8. The van der Waals surface area contributed by atoms with Gasteiger partial charge >= 0.3 is 0 Å². The quantitative estimate of drug-likeness (QED) is 0.847. The van der Waals surface area contributed by atoms with Gasteiger partial charge < -0.3 is 5.73 Å². The first-order valence-electron chi connectivity index (χ1n) is 6.92. The minimum atomic E-state index is -3.54. The van der Waals surface area contributed by atoms with Gasteiger partial charge in [0, 0.05) is 17.1 Å². The topological polar surface area (TPSA) is 72.2 Å². The Labute approximate surface area is 129 Å². The Morgan fingerprint density at radius 3 is 2.65 bits per heavy atom. The van der Waals surface area contributed by atoms with E-state index in [1.54, 1.807) is 12.1 Å². The zero-order valence-corrected chi connectivity index (χ0v) is 14.0. The van der Waals surface area contributed by atoms with Gasteiger partial charge in [-0.3, -0.25) is 0 Å². The van der Waals surface area contributed by atoms with Crippen molar-refractivity contribution < 1.29 is 8.42 Å². The fourth-order valence-electron chi connectivity index (χ4n) is 2.78. The van der Waals surface area contributed by atoms with Gasteiger partial charge in [-0.25, -0.2) is 13.1 Å². The summed E-state index contributed by atoms with van der Waals surface area (Å²) in [6.07, 6.45) is 4.44. The predicted octanol–water partition coefficient (Wildman–Crippen LogP) is 2.55. The van der Waals surface area contributed by atoms with E-state index in [1.165, 1.54) is 0 Å². The molecule has 1 atom stereocenters. The van der Waals surface area contributed by atoms with Gasteiger partial charge in [0.05, 0.1) is 4.90 Å². The second-order valence-electron chi connectivity index (χ2n) is 5.44. The number of nitrogens with two attached hydrogens (primary N) is 1. The van der Waals surface area contributed by atoms with Crippen LogP contribution in [0.25, 0.3) is 0 Å². The molecule has 20 heavy (non-hydrogen) atoms. The minimum absolute atomic E-state index is 0.171. The highest BCUT2D eigenvalue weighted by Crippen LogP contribution is 2.29. The summed E-state index contributed by atoms with van der Waals surface area (Å²) >= 11 is 3.31. The Kier molecular flexibility index (Phi) is 5.23. The average Bonchev–Trinajstić information content (AvgIpc) is 2.92. The normalized spacial score (nSPS) is 18.4. The van der Waals surface area contributed by atoms with Gasteiger partial charge in [0.25, 0.3) is 0 Å². The minimum Gasteiger partial charge on any atom is -0.329 e. The monoisotopic (exact) mass is 360 g/mol. The molecule has 3 N–H and O–H groups in total. The molecular formula is C14H21BrN2O2S. The Hall–Kier alpha value is -0.430. The van der Waals surface area contributed by atoms with Crippen molar-refractivity contribution >= 4 is 26.0 Å². The molecule has 1 fully saturated rings. The van der Waals surface area contributed by atoms with Crippen LogP contribution in [0.1, 0.15) is 31.2 Å². The van der Waals surface area contributed by atoms with Crippen molar-refractivity contribution in [2.24, 2.45) is 11.7 Å². The van der Waals surface area contributed by atoms with E-state index in [-0.39, 0.29) is 10.9 Å². The van der Waals surface area contributed by atoms with Crippen molar-refractivity contribution in [2.75, 3.05) is 6.54 Å². The molecule has 4 nitrogen and oxygen atoms in total. The third-order valence-corrected chi connectivity index (χ3v) is 6.39. The molecule has 0 spiro atoms. The van der Waals surface area contributed by atoms with Crippen LogP contribution in [0.5, 0.6) is 0 Å². The molecule has 1 saturated carbocycles. The summed E-state index contributed by atoms with van der Waals surface area (Å²) in [5.41, 5.74) is 6.68. The fourth-order valence-corrected chi connectivity index (χ4v) is 5.14. The summed E-state index contributed by atoms with van der Waals surface area (Å²) in [5, 5.41) is 0. The van der Waals surface area contributed by atoms with E-state index < -0.39 is 10.0 Å². The van der Waals surface area contributed by atoms with Gasteiger partial charge in [-0.2, -0.15) is 0 Å². The molecule has 0 radical (unpaired) electrons. The molecule has 112 valence electrons. The molecule has 1 aliphatic rings. The standard InChI is InChI=1S/C14H21BrN2O2S/c1-10-6-7-12(15)14(8-10)20(18,19)17-13(9-16)11-4-2-3-5-11/h6-8,11,13,17H,2-5,9,16H2,1H3. The maximum atomic E-state index is 12.5. The van der Waals surface area contributed by atoms with E-state index >= 15 is 0 Å². The Morgan fingerprint density at radius 2 is 2.05 bits per heavy atom. The van der Waals surface area contributed by atoms with Crippen molar-refractivity contribution in [3.05, 3.63) is 28.2 Å². The molecule has 0 aliphatic heterocycles. The smallest absolute Gasteiger partial charge is 0.242 e. The lowest BCUT2D eigenvalue weighted by atomic mass is 9.99. The third kappa shape index (κ3) is 3.61. The largest absolute Gasteiger partial charge is 0.329 e. The van der Waals surface area contributed by atoms with Crippen molar-refractivity contribution in [3.63, 3.8) is 0 Å². The number of benzene rings is 1. The first-order valence-corrected chi connectivity index (χ1v) is 9.20. The number of nitrogens with one attached hydrogen (secondary N) is 1. The van der Waals surface area contributed by atoms with Crippen molar-refractivity contribution in [2.45, 2.75) is 43.5 Å². The number of sulfonamides is 1. The second kappa shape index (κ2) is 6.56. The van der Waals surface area contributed by atoms with Crippen LogP contribution in [0.2, 0.25) is 0 Å². The summed E-state index contributed by atoms with van der Waals surface area (Å²) in [5.74, 6) is 0.360. The molecule has 1 aliphatic carbocycles. The van der Waals surface area contributed by atoms with Crippen molar-refractivity contribution in [1.82, 2.24) is 4.72 Å². The highest BCUT2D eigenvalue weighted by Gasteiger charge is 2.29. The first-order chi connectivity index (χ1) is 9.44. The van der Waals surface area contributed by atoms with Crippen LogP contribution in [0.4, 0.5) is 0 Å². The molecule has 1 aromatic rings. The molecule has 6 heteroatoms. The number of hydrogen-bond acceptors (Lipinski definition) is 3. The molecule has 1 aromatic carbocycles. The van der Waals surface area contributed by atoms with E-state index in [9.17, 15) is 8.42 Å². The lowest BCUT2D eigenvalue weighted by Crippen LogP contribution is -2.44. The van der Waals surface area contributed by atoms with E-state index in [1.807, 2.05) is 13.0 Å². The second-order valence-corrected chi connectivity index (χ2v) is 7.98. The molecule has 0 saturated heterocycles. The maximum Gasteiger partial charge on any atom is 0.242 e. The number of rotatable bonds is 5. The summed E-state index contributed by atoms with van der Waals surface area (Å²) in [6, 6.07) is 5.14. The van der Waals surface area contributed by atoms with Crippen LogP contribution in [0.15, 0.2) is 27.6 Å². The zero-order valence-electron chi connectivity index (χ0n) is 11.6. The molecule has 1 unspecified atom stereocenters. The molecule has 0 amide bonds. The Morgan fingerprint density at radius 1 is 1.40 bits per heavy atom. The number of hydrogen-bond donors (Lipinski definition) is 2. The summed E-state index contributed by atoms with van der Waals surface area (Å²) in [7, 11) is -3.54. The lowest BCUT2D eigenvalue weighted by Gasteiger charge is -2.23. The summed E-state index contributed by atoms with van der Waals surface area (Å²) in [4.78, 5) is 0.286. The molecule has 2 rings (SSSR count). The van der Waals surface area contributed by atoms with Gasteiger partial charge in [-0.15, -0.1) is 0 Å². The van der Waals surface area contributed by atoms with Gasteiger partial charge in [0.1, 0.15) is 0 Å². The van der Waals surface area contributed by atoms with Crippen LogP contribution in [0, 0.1) is 12.8 Å². The van der Waals surface area contributed by atoms with E-state index in [4.69, 9.17) is 5.73 Å². The molecule has 0 bridgehead atoms. The summed E-state index contributed by atoms with van der Waals surface area (Å²) in [6.45, 7) is 2.22. The van der Waals surface area contributed by atoms with Gasteiger partial charge in [-0.1, -0.05) is 18.9 Å². The predicted molar refractivity (Wildman–Crippen MR) is 84.0 cm³/mol. The lowest BCUT2D eigenvalue weighted by molar-refractivity contribution is 0.405. The van der Waals surface area contributed by atoms with Crippen LogP contribution < -0.4 is 10.5 Å². The van der Waals surface area contributed by atoms with E-state index in [0.717, 1.165) is 31.2 Å². The van der Waals surface area contributed by atoms with E-state index in [2.05, 4.69) is 20.7 Å². The van der Waals surface area contributed by atoms with Crippen LogP contribution in [-0.2, 0) is 10.0 Å². The van der Waals surface area contributed by atoms with Gasteiger partial charge in [0.15, 0.2) is 0 Å². The maximum absolute atomic E-state index is 12.5. The van der Waals surface area contributed by atoms with Gasteiger partial charge in [-0.05, 0) is 59.3 Å². The van der Waals surface area contributed by atoms with Gasteiger partial charge in [0.2, 0.25) is 10.0 Å². The van der Waals surface area contributed by atoms with Crippen LogP contribution in [0.3, 0.4) is 0 Å². The Bertz CT molecular complexity index is 569. The summed E-state index contributed by atoms with van der Waals surface area (Å²) < 4.78 is 28.4. The van der Waals surface area contributed by atoms with Crippen LogP contribution >= 0.6 is 15.9 Å². The molecule has 0 heterocycles.